The van der Waals surface area contributed by atoms with Crippen molar-refractivity contribution in [1.29, 1.82) is 0 Å². The molecule has 0 radical (unpaired) electrons. The number of rotatable bonds is 1. The van der Waals surface area contributed by atoms with E-state index in [0.29, 0.717) is 51.1 Å². The molecule has 0 aromatic heterocycles. The van der Waals surface area contributed by atoms with E-state index in [1.54, 1.807) is 18.0 Å². The Kier molecular flexibility index (Phi) is 7.50. The first-order valence-electron chi connectivity index (χ1n) is 11.6. The normalized spacial score (nSPS) is 24.9. The molecule has 2 heterocycles. The highest BCUT2D eigenvalue weighted by Crippen LogP contribution is 2.39. The SMILES string of the molecule is CN1CC2(CCN(C(=O)CC(C)(C)C)CC2)C[C@@H](O)[C@@H](O)Cc2ccccc2OCC1=O. The Morgan fingerprint density at radius 1 is 1.16 bits per heavy atom. The van der Waals surface area contributed by atoms with E-state index in [1.165, 1.54) is 0 Å². The molecule has 3 rings (SSSR count). The molecule has 7 nitrogen and oxygen atoms in total. The predicted molar refractivity (Wildman–Crippen MR) is 122 cm³/mol. The molecule has 2 aliphatic rings. The minimum absolute atomic E-state index is 0.0669. The number of likely N-dealkylation sites (N-methyl/N-ethyl adjacent to an activating group) is 1. The molecule has 0 unspecified atom stereocenters. The number of aliphatic hydroxyl groups excluding tert-OH is 2. The number of carbonyl (C=O) groups is 2. The van der Waals surface area contributed by atoms with Crippen molar-refractivity contribution in [1.82, 2.24) is 9.80 Å². The van der Waals surface area contributed by atoms with Gasteiger partial charge in [-0.05, 0) is 41.7 Å². The molecule has 1 spiro atoms. The van der Waals surface area contributed by atoms with Gasteiger partial charge in [0.1, 0.15) is 5.75 Å². The van der Waals surface area contributed by atoms with Crippen molar-refractivity contribution >= 4 is 11.8 Å². The number of amides is 2. The summed E-state index contributed by atoms with van der Waals surface area (Å²) in [4.78, 5) is 29.0. The Morgan fingerprint density at radius 2 is 1.81 bits per heavy atom. The fourth-order valence-electron chi connectivity index (χ4n) is 4.82. The van der Waals surface area contributed by atoms with Crippen LogP contribution in [0.2, 0.25) is 0 Å². The van der Waals surface area contributed by atoms with Gasteiger partial charge in [-0.2, -0.15) is 0 Å². The number of carbonyl (C=O) groups excluding carboxylic acids is 2. The fraction of sp³-hybridized carbons (Fsp3) is 0.680. The molecule has 1 aromatic rings. The number of likely N-dealkylation sites (tertiary alicyclic amines) is 1. The van der Waals surface area contributed by atoms with Crippen LogP contribution in [-0.2, 0) is 16.0 Å². The standard InChI is InChI=1S/C25H38N2O5/c1-24(2,3)15-22(30)27-11-9-25(10-12-27)14-20(29)19(28)13-18-7-5-6-8-21(18)32-16-23(31)26(4)17-25/h5-8,19-20,28-29H,9-17H2,1-4H3/t19-,20+/m0/s1. The number of benzene rings is 1. The molecule has 2 atom stereocenters. The van der Waals surface area contributed by atoms with Gasteiger partial charge < -0.3 is 24.7 Å². The number of nitrogens with zero attached hydrogens (tertiary/aromatic N) is 2. The van der Waals surface area contributed by atoms with Crippen molar-refractivity contribution in [2.45, 2.75) is 65.1 Å². The zero-order chi connectivity index (χ0) is 23.5. The van der Waals surface area contributed by atoms with E-state index in [0.717, 1.165) is 5.56 Å². The number of aliphatic hydroxyl groups is 2. The highest BCUT2D eigenvalue weighted by molar-refractivity contribution is 5.78. The van der Waals surface area contributed by atoms with Gasteiger partial charge in [0.05, 0.1) is 12.2 Å². The molecule has 2 N–H and O–H groups in total. The summed E-state index contributed by atoms with van der Waals surface area (Å²) in [6.45, 7) is 7.75. The van der Waals surface area contributed by atoms with Crippen molar-refractivity contribution in [3.8, 4) is 5.75 Å². The lowest BCUT2D eigenvalue weighted by Gasteiger charge is -2.45. The van der Waals surface area contributed by atoms with Crippen LogP contribution in [0.5, 0.6) is 5.75 Å². The summed E-state index contributed by atoms with van der Waals surface area (Å²) in [7, 11) is 1.76. The van der Waals surface area contributed by atoms with Gasteiger partial charge in [0.15, 0.2) is 6.61 Å². The van der Waals surface area contributed by atoms with Gasteiger partial charge in [-0.25, -0.2) is 0 Å². The molecule has 2 aliphatic heterocycles. The Labute approximate surface area is 191 Å². The Balaban J connectivity index is 1.77. The lowest BCUT2D eigenvalue weighted by Crippen LogP contribution is -2.51. The van der Waals surface area contributed by atoms with E-state index < -0.39 is 12.2 Å². The number of piperidine rings is 1. The average molecular weight is 447 g/mol. The number of para-hydroxylation sites is 1. The predicted octanol–water partition coefficient (Wildman–Crippen LogP) is 2.24. The molecule has 32 heavy (non-hydrogen) atoms. The van der Waals surface area contributed by atoms with Gasteiger partial charge >= 0.3 is 0 Å². The van der Waals surface area contributed by atoms with Gasteiger partial charge in [0.25, 0.3) is 5.91 Å². The maximum atomic E-state index is 12.8. The second kappa shape index (κ2) is 9.79. The Hall–Kier alpha value is -2.12. The van der Waals surface area contributed by atoms with E-state index in [9.17, 15) is 19.8 Å². The zero-order valence-electron chi connectivity index (χ0n) is 19.8. The first kappa shape index (κ1) is 24.5. The van der Waals surface area contributed by atoms with E-state index in [2.05, 4.69) is 20.8 Å². The van der Waals surface area contributed by atoms with Crippen LogP contribution < -0.4 is 4.74 Å². The molecule has 7 heteroatoms. The van der Waals surface area contributed by atoms with Crippen LogP contribution >= 0.6 is 0 Å². The third-order valence-corrected chi connectivity index (χ3v) is 6.70. The van der Waals surface area contributed by atoms with Crippen molar-refractivity contribution in [3.63, 3.8) is 0 Å². The van der Waals surface area contributed by atoms with E-state index >= 15 is 0 Å². The molecular weight excluding hydrogens is 408 g/mol. The van der Waals surface area contributed by atoms with Gasteiger partial charge in [-0.1, -0.05) is 39.0 Å². The quantitative estimate of drug-likeness (QED) is 0.691. The summed E-state index contributed by atoms with van der Waals surface area (Å²) in [6, 6.07) is 7.30. The molecule has 2 amide bonds. The maximum absolute atomic E-state index is 12.8. The second-order valence-corrected chi connectivity index (χ2v) is 10.8. The molecule has 0 bridgehead atoms. The molecule has 0 aliphatic carbocycles. The second-order valence-electron chi connectivity index (χ2n) is 10.8. The number of hydrogen-bond donors (Lipinski definition) is 2. The van der Waals surface area contributed by atoms with Crippen LogP contribution in [0.3, 0.4) is 0 Å². The first-order valence-corrected chi connectivity index (χ1v) is 11.6. The van der Waals surface area contributed by atoms with Gasteiger partial charge in [0, 0.05) is 39.5 Å². The molecule has 0 saturated carbocycles. The summed E-state index contributed by atoms with van der Waals surface area (Å²) in [5.41, 5.74) is 0.344. The first-order chi connectivity index (χ1) is 15.0. The van der Waals surface area contributed by atoms with Crippen LogP contribution in [0.15, 0.2) is 24.3 Å². The third kappa shape index (κ3) is 6.23. The van der Waals surface area contributed by atoms with Crippen LogP contribution in [0.25, 0.3) is 0 Å². The van der Waals surface area contributed by atoms with Crippen molar-refractivity contribution in [2.75, 3.05) is 33.3 Å². The minimum atomic E-state index is -0.933. The molecular formula is C25H38N2O5. The van der Waals surface area contributed by atoms with Crippen LogP contribution in [0.4, 0.5) is 0 Å². The molecule has 178 valence electrons. The monoisotopic (exact) mass is 446 g/mol. The minimum Gasteiger partial charge on any atom is -0.483 e. The van der Waals surface area contributed by atoms with Crippen molar-refractivity contribution in [3.05, 3.63) is 29.8 Å². The van der Waals surface area contributed by atoms with Crippen LogP contribution in [0, 0.1) is 10.8 Å². The van der Waals surface area contributed by atoms with Crippen LogP contribution in [0.1, 0.15) is 52.0 Å². The molecule has 1 aromatic carbocycles. The summed E-state index contributed by atoms with van der Waals surface area (Å²) < 4.78 is 5.76. The molecule has 1 fully saturated rings. The largest absolute Gasteiger partial charge is 0.483 e. The summed E-state index contributed by atoms with van der Waals surface area (Å²) in [5.74, 6) is 0.581. The zero-order valence-corrected chi connectivity index (χ0v) is 19.8. The van der Waals surface area contributed by atoms with Gasteiger partial charge in [-0.3, -0.25) is 9.59 Å². The van der Waals surface area contributed by atoms with Crippen molar-refractivity contribution < 1.29 is 24.5 Å². The molecule has 1 saturated heterocycles. The number of ether oxygens (including phenoxy) is 1. The average Bonchev–Trinajstić information content (AvgIpc) is 2.71. The smallest absolute Gasteiger partial charge is 0.260 e. The lowest BCUT2D eigenvalue weighted by atomic mass is 9.72. The van der Waals surface area contributed by atoms with Crippen LogP contribution in [-0.4, -0.2) is 77.3 Å². The number of hydrogen-bond acceptors (Lipinski definition) is 5. The fourth-order valence-corrected chi connectivity index (χ4v) is 4.82. The maximum Gasteiger partial charge on any atom is 0.260 e. The number of fused-ring (bicyclic) bond motifs is 1. The van der Waals surface area contributed by atoms with Gasteiger partial charge in [-0.15, -0.1) is 0 Å². The van der Waals surface area contributed by atoms with Crippen molar-refractivity contribution in [2.24, 2.45) is 10.8 Å². The highest BCUT2D eigenvalue weighted by atomic mass is 16.5. The highest BCUT2D eigenvalue weighted by Gasteiger charge is 2.41. The summed E-state index contributed by atoms with van der Waals surface area (Å²) in [5, 5.41) is 21.7. The van der Waals surface area contributed by atoms with E-state index in [-0.39, 0.29) is 35.7 Å². The van der Waals surface area contributed by atoms with E-state index in [4.69, 9.17) is 4.74 Å². The lowest BCUT2D eigenvalue weighted by molar-refractivity contribution is -0.140. The summed E-state index contributed by atoms with van der Waals surface area (Å²) in [6.07, 6.45) is 0.643. The Morgan fingerprint density at radius 3 is 2.47 bits per heavy atom. The summed E-state index contributed by atoms with van der Waals surface area (Å²) >= 11 is 0. The topological polar surface area (TPSA) is 90.3 Å². The van der Waals surface area contributed by atoms with Gasteiger partial charge in [0.2, 0.25) is 5.91 Å². The Bertz CT molecular complexity index is 811. The van der Waals surface area contributed by atoms with E-state index in [1.807, 2.05) is 23.1 Å². The third-order valence-electron chi connectivity index (χ3n) is 6.70.